The molecule has 1 aliphatic rings. The first-order chi connectivity index (χ1) is 14.5. The SMILES string of the molecule is Cc1cc(Cn2c(NCC3CNC3)nc3ccc(OCCN(C)C)nc32)ccc1F. The van der Waals surface area contributed by atoms with E-state index in [4.69, 9.17) is 14.7 Å². The molecule has 0 aliphatic carbocycles. The number of ether oxygens (including phenoxy) is 1. The molecule has 2 aromatic heterocycles. The number of imidazole rings is 1. The predicted octanol–water partition coefficient (Wildman–Crippen LogP) is 2.50. The average Bonchev–Trinajstić information content (AvgIpc) is 3.00. The second-order valence-corrected chi connectivity index (χ2v) is 8.15. The van der Waals surface area contributed by atoms with Crippen LogP contribution in [0.4, 0.5) is 10.3 Å². The van der Waals surface area contributed by atoms with Gasteiger partial charge in [0.05, 0.1) is 6.54 Å². The van der Waals surface area contributed by atoms with Gasteiger partial charge < -0.3 is 20.3 Å². The third-order valence-electron chi connectivity index (χ3n) is 5.33. The molecule has 1 fully saturated rings. The van der Waals surface area contributed by atoms with E-state index in [0.29, 0.717) is 30.5 Å². The van der Waals surface area contributed by atoms with Crippen molar-refractivity contribution in [3.8, 4) is 5.88 Å². The number of fused-ring (bicyclic) bond motifs is 1. The number of halogens is 1. The van der Waals surface area contributed by atoms with E-state index in [0.717, 1.165) is 48.9 Å². The first-order valence-corrected chi connectivity index (χ1v) is 10.3. The van der Waals surface area contributed by atoms with Crippen LogP contribution in [-0.2, 0) is 6.54 Å². The minimum atomic E-state index is -0.195. The third kappa shape index (κ3) is 4.71. The number of hydrogen-bond acceptors (Lipinski definition) is 6. The summed E-state index contributed by atoms with van der Waals surface area (Å²) in [5, 5.41) is 6.77. The number of aromatic nitrogens is 3. The molecule has 0 saturated carbocycles. The zero-order chi connectivity index (χ0) is 21.1. The number of likely N-dealkylation sites (N-methyl/N-ethyl adjacent to an activating group) is 1. The van der Waals surface area contributed by atoms with Gasteiger partial charge in [-0.1, -0.05) is 12.1 Å². The zero-order valence-corrected chi connectivity index (χ0v) is 17.8. The molecule has 2 N–H and O–H groups in total. The highest BCUT2D eigenvalue weighted by atomic mass is 19.1. The molecule has 3 heterocycles. The lowest BCUT2D eigenvalue weighted by molar-refractivity contribution is 0.254. The Kier molecular flexibility index (Phi) is 6.15. The molecule has 4 rings (SSSR count). The van der Waals surface area contributed by atoms with Gasteiger partial charge in [-0.25, -0.2) is 9.37 Å². The molecule has 1 aromatic carbocycles. The fourth-order valence-electron chi connectivity index (χ4n) is 3.40. The summed E-state index contributed by atoms with van der Waals surface area (Å²) in [5.41, 5.74) is 3.20. The van der Waals surface area contributed by atoms with Crippen LogP contribution in [0.15, 0.2) is 30.3 Å². The van der Waals surface area contributed by atoms with Crippen LogP contribution in [0.1, 0.15) is 11.1 Å². The van der Waals surface area contributed by atoms with Gasteiger partial charge in [-0.3, -0.25) is 4.57 Å². The van der Waals surface area contributed by atoms with Gasteiger partial charge in [-0.15, -0.1) is 0 Å². The van der Waals surface area contributed by atoms with Crippen molar-refractivity contribution in [1.29, 1.82) is 0 Å². The summed E-state index contributed by atoms with van der Waals surface area (Å²) >= 11 is 0. The van der Waals surface area contributed by atoms with Crippen molar-refractivity contribution in [2.45, 2.75) is 13.5 Å². The maximum Gasteiger partial charge on any atom is 0.215 e. The van der Waals surface area contributed by atoms with Crippen LogP contribution in [0.25, 0.3) is 11.2 Å². The van der Waals surface area contributed by atoms with E-state index in [-0.39, 0.29) is 5.82 Å². The Balaban J connectivity index is 1.63. The van der Waals surface area contributed by atoms with Crippen molar-refractivity contribution in [3.63, 3.8) is 0 Å². The van der Waals surface area contributed by atoms with E-state index in [1.54, 1.807) is 6.92 Å². The van der Waals surface area contributed by atoms with Crippen LogP contribution in [0.5, 0.6) is 5.88 Å². The lowest BCUT2D eigenvalue weighted by atomic mass is 10.0. The zero-order valence-electron chi connectivity index (χ0n) is 17.8. The van der Waals surface area contributed by atoms with E-state index in [9.17, 15) is 4.39 Å². The molecule has 1 aliphatic heterocycles. The van der Waals surface area contributed by atoms with Crippen molar-refractivity contribution in [2.75, 3.05) is 52.2 Å². The quantitative estimate of drug-likeness (QED) is 0.563. The summed E-state index contributed by atoms with van der Waals surface area (Å²) < 4.78 is 21.6. The number of hydrogen-bond donors (Lipinski definition) is 2. The molecule has 0 spiro atoms. The molecule has 30 heavy (non-hydrogen) atoms. The average molecular weight is 413 g/mol. The molecule has 160 valence electrons. The summed E-state index contributed by atoms with van der Waals surface area (Å²) in [4.78, 5) is 11.5. The first kappa shape index (κ1) is 20.6. The van der Waals surface area contributed by atoms with Gasteiger partial charge in [0.1, 0.15) is 17.9 Å². The Morgan fingerprint density at radius 2 is 2.07 bits per heavy atom. The highest BCUT2D eigenvalue weighted by Crippen LogP contribution is 2.23. The van der Waals surface area contributed by atoms with Crippen molar-refractivity contribution in [2.24, 2.45) is 5.92 Å². The van der Waals surface area contributed by atoms with E-state index in [2.05, 4.69) is 15.5 Å². The van der Waals surface area contributed by atoms with Crippen LogP contribution in [-0.4, -0.2) is 66.3 Å². The largest absolute Gasteiger partial charge is 0.476 e. The number of nitrogens with zero attached hydrogens (tertiary/aromatic N) is 4. The first-order valence-electron chi connectivity index (χ1n) is 10.3. The van der Waals surface area contributed by atoms with Crippen LogP contribution >= 0.6 is 0 Å². The smallest absolute Gasteiger partial charge is 0.215 e. The van der Waals surface area contributed by atoms with Gasteiger partial charge in [0.25, 0.3) is 0 Å². The van der Waals surface area contributed by atoms with Gasteiger partial charge in [0.2, 0.25) is 11.8 Å². The Labute approximate surface area is 176 Å². The highest BCUT2D eigenvalue weighted by molar-refractivity contribution is 5.75. The number of nitrogens with one attached hydrogen (secondary N) is 2. The monoisotopic (exact) mass is 412 g/mol. The van der Waals surface area contributed by atoms with E-state index < -0.39 is 0 Å². The Morgan fingerprint density at radius 1 is 1.23 bits per heavy atom. The Bertz CT molecular complexity index is 1010. The minimum Gasteiger partial charge on any atom is -0.476 e. The second-order valence-electron chi connectivity index (χ2n) is 8.15. The van der Waals surface area contributed by atoms with E-state index in [1.165, 1.54) is 6.07 Å². The maximum atomic E-state index is 13.7. The van der Waals surface area contributed by atoms with Crippen molar-refractivity contribution >= 4 is 17.1 Å². The normalized spacial score (nSPS) is 14.3. The molecule has 8 heteroatoms. The Hall–Kier alpha value is -2.71. The minimum absolute atomic E-state index is 0.195. The van der Waals surface area contributed by atoms with E-state index in [1.807, 2.05) is 42.9 Å². The molecule has 0 bridgehead atoms. The number of pyridine rings is 1. The molecule has 1 saturated heterocycles. The van der Waals surface area contributed by atoms with Crippen LogP contribution < -0.4 is 15.4 Å². The molecule has 7 nitrogen and oxygen atoms in total. The van der Waals surface area contributed by atoms with Gasteiger partial charge in [0.15, 0.2) is 5.65 Å². The summed E-state index contributed by atoms with van der Waals surface area (Å²) in [5.74, 6) is 1.76. The molecule has 0 atom stereocenters. The predicted molar refractivity (Wildman–Crippen MR) is 117 cm³/mol. The second kappa shape index (κ2) is 8.97. The summed E-state index contributed by atoms with van der Waals surface area (Å²) in [6.07, 6.45) is 0. The molecule has 0 unspecified atom stereocenters. The summed E-state index contributed by atoms with van der Waals surface area (Å²) in [7, 11) is 4.02. The van der Waals surface area contributed by atoms with Crippen molar-refractivity contribution in [1.82, 2.24) is 24.8 Å². The lowest BCUT2D eigenvalue weighted by Gasteiger charge is -2.27. The van der Waals surface area contributed by atoms with Crippen molar-refractivity contribution < 1.29 is 9.13 Å². The van der Waals surface area contributed by atoms with Gasteiger partial charge in [0, 0.05) is 38.2 Å². The van der Waals surface area contributed by atoms with Crippen molar-refractivity contribution in [3.05, 3.63) is 47.3 Å². The number of anilines is 1. The maximum absolute atomic E-state index is 13.7. The fourth-order valence-corrected chi connectivity index (χ4v) is 3.40. The number of rotatable bonds is 9. The van der Waals surface area contributed by atoms with Gasteiger partial charge in [-0.05, 0) is 44.3 Å². The van der Waals surface area contributed by atoms with E-state index >= 15 is 0 Å². The molecule has 3 aromatic rings. The Morgan fingerprint density at radius 3 is 2.77 bits per heavy atom. The van der Waals surface area contributed by atoms with Gasteiger partial charge in [-0.2, -0.15) is 4.98 Å². The van der Waals surface area contributed by atoms with Gasteiger partial charge >= 0.3 is 0 Å². The molecular formula is C22H29FN6O. The number of benzene rings is 1. The van der Waals surface area contributed by atoms with Crippen LogP contribution in [0.2, 0.25) is 0 Å². The van der Waals surface area contributed by atoms with Crippen LogP contribution in [0.3, 0.4) is 0 Å². The standard InChI is InChI=1S/C22H29FN6O/c1-15-10-16(4-5-18(15)23)14-29-21-19(26-22(29)25-13-17-11-24-12-17)6-7-20(27-21)30-9-8-28(2)3/h4-7,10,17,24H,8-9,11-14H2,1-3H3,(H,25,26). The molecule has 0 amide bonds. The summed E-state index contributed by atoms with van der Waals surface area (Å²) in [6, 6.07) is 9.00. The lowest BCUT2D eigenvalue weighted by Crippen LogP contribution is -2.45. The molecular weight excluding hydrogens is 383 g/mol. The van der Waals surface area contributed by atoms with Crippen LogP contribution in [0, 0.1) is 18.7 Å². The fraction of sp³-hybridized carbons (Fsp3) is 0.455. The third-order valence-corrected chi connectivity index (χ3v) is 5.33. The highest BCUT2D eigenvalue weighted by Gasteiger charge is 2.19. The number of aryl methyl sites for hydroxylation is 1. The molecule has 0 radical (unpaired) electrons. The topological polar surface area (TPSA) is 67.2 Å². The summed E-state index contributed by atoms with van der Waals surface area (Å²) in [6.45, 7) is 6.61.